The monoisotopic (exact) mass is 383 g/mol. The van der Waals surface area contributed by atoms with E-state index in [0.29, 0.717) is 0 Å². The number of fused-ring (bicyclic) bond motifs is 9. The number of hydrogen-bond acceptors (Lipinski definition) is 1. The van der Waals surface area contributed by atoms with Gasteiger partial charge in [-0.05, 0) is 40.4 Å². The van der Waals surface area contributed by atoms with Crippen LogP contribution in [0.3, 0.4) is 0 Å². The molecule has 2 heterocycles. The minimum Gasteiger partial charge on any atom is -0.354 e. The molecule has 0 radical (unpaired) electrons. The number of aromatic amines is 1. The molecular formula is C27H17N3. The lowest BCUT2D eigenvalue weighted by Crippen LogP contribution is -1.94. The van der Waals surface area contributed by atoms with E-state index in [0.717, 1.165) is 16.7 Å². The second-order valence-electron chi connectivity index (χ2n) is 7.81. The van der Waals surface area contributed by atoms with E-state index in [1.807, 2.05) is 29.1 Å². The average Bonchev–Trinajstić information content (AvgIpc) is 3.40. The highest BCUT2D eigenvalue weighted by Gasteiger charge is 2.15. The highest BCUT2D eigenvalue weighted by molar-refractivity contribution is 6.28. The predicted molar refractivity (Wildman–Crippen MR) is 125 cm³/mol. The number of nitrogens with one attached hydrogen (secondary N) is 1. The Kier molecular flexibility index (Phi) is 3.00. The summed E-state index contributed by atoms with van der Waals surface area (Å²) in [6, 6.07) is 32.1. The number of benzene rings is 5. The molecule has 0 fully saturated rings. The Hall–Kier alpha value is -4.11. The van der Waals surface area contributed by atoms with Crippen molar-refractivity contribution in [1.82, 2.24) is 14.8 Å². The van der Waals surface area contributed by atoms with Crippen LogP contribution in [0.25, 0.3) is 59.9 Å². The Morgan fingerprint density at radius 2 is 1.40 bits per heavy atom. The molecule has 2 aromatic heterocycles. The summed E-state index contributed by atoms with van der Waals surface area (Å²) >= 11 is 0. The molecule has 0 amide bonds. The van der Waals surface area contributed by atoms with Crippen molar-refractivity contribution in [3.63, 3.8) is 0 Å². The van der Waals surface area contributed by atoms with Gasteiger partial charge in [0.15, 0.2) is 0 Å². The zero-order chi connectivity index (χ0) is 19.7. The molecule has 0 saturated carbocycles. The fourth-order valence-corrected chi connectivity index (χ4v) is 4.84. The number of hydrogen-bond donors (Lipinski definition) is 1. The molecule has 0 aliphatic heterocycles. The molecule has 0 atom stereocenters. The van der Waals surface area contributed by atoms with Crippen molar-refractivity contribution in [3.8, 4) is 5.69 Å². The summed E-state index contributed by atoms with van der Waals surface area (Å²) in [6.45, 7) is 0. The van der Waals surface area contributed by atoms with Crippen molar-refractivity contribution < 1.29 is 0 Å². The van der Waals surface area contributed by atoms with Gasteiger partial charge in [-0.15, -0.1) is 0 Å². The van der Waals surface area contributed by atoms with Gasteiger partial charge in [0, 0.05) is 27.1 Å². The van der Waals surface area contributed by atoms with Gasteiger partial charge in [0.25, 0.3) is 0 Å². The van der Waals surface area contributed by atoms with E-state index >= 15 is 0 Å². The first-order valence-corrected chi connectivity index (χ1v) is 10.2. The first-order valence-electron chi connectivity index (χ1n) is 10.2. The Balaban J connectivity index is 1.64. The summed E-state index contributed by atoms with van der Waals surface area (Å²) in [6.07, 6.45) is 1.99. The highest BCUT2D eigenvalue weighted by atomic mass is 15.3. The predicted octanol–water partition coefficient (Wildman–Crippen LogP) is 6.97. The van der Waals surface area contributed by atoms with Crippen molar-refractivity contribution in [2.45, 2.75) is 0 Å². The molecule has 7 aromatic rings. The third-order valence-corrected chi connectivity index (χ3v) is 6.19. The first-order chi connectivity index (χ1) is 14.9. The van der Waals surface area contributed by atoms with Crippen molar-refractivity contribution >= 4 is 54.3 Å². The Labute approximate surface area is 172 Å². The maximum atomic E-state index is 4.72. The van der Waals surface area contributed by atoms with Crippen LogP contribution < -0.4 is 0 Å². The summed E-state index contributed by atoms with van der Waals surface area (Å²) in [7, 11) is 0. The van der Waals surface area contributed by atoms with Crippen LogP contribution in [-0.2, 0) is 0 Å². The Morgan fingerprint density at radius 3 is 2.33 bits per heavy atom. The number of rotatable bonds is 1. The molecule has 0 bridgehead atoms. The Bertz CT molecular complexity index is 1740. The van der Waals surface area contributed by atoms with Gasteiger partial charge in [-0.2, -0.15) is 5.10 Å². The van der Waals surface area contributed by atoms with Crippen LogP contribution in [0.1, 0.15) is 0 Å². The van der Waals surface area contributed by atoms with Crippen LogP contribution in [0.2, 0.25) is 0 Å². The fraction of sp³-hybridized carbons (Fsp3) is 0. The SMILES string of the molecule is c1ccc(-n2ncc3c4c(ccc32)[nH]c2c4ccc3ccc4ccccc4c32)cc1. The van der Waals surface area contributed by atoms with Gasteiger partial charge in [0.05, 0.1) is 22.9 Å². The normalized spacial score (nSPS) is 12.0. The van der Waals surface area contributed by atoms with Crippen molar-refractivity contribution in [3.05, 3.63) is 97.2 Å². The van der Waals surface area contributed by atoms with Gasteiger partial charge >= 0.3 is 0 Å². The lowest BCUT2D eigenvalue weighted by molar-refractivity contribution is 0.911. The van der Waals surface area contributed by atoms with Gasteiger partial charge in [-0.1, -0.05) is 66.7 Å². The zero-order valence-corrected chi connectivity index (χ0v) is 16.1. The molecule has 30 heavy (non-hydrogen) atoms. The maximum absolute atomic E-state index is 4.72. The first kappa shape index (κ1) is 15.8. The maximum Gasteiger partial charge on any atom is 0.0748 e. The smallest absolute Gasteiger partial charge is 0.0748 e. The molecule has 1 N–H and O–H groups in total. The number of nitrogens with zero attached hydrogens (tertiary/aromatic N) is 2. The molecular weight excluding hydrogens is 366 g/mol. The van der Waals surface area contributed by atoms with E-state index in [1.165, 1.54) is 43.2 Å². The minimum atomic E-state index is 1.07. The van der Waals surface area contributed by atoms with Crippen LogP contribution in [-0.4, -0.2) is 14.8 Å². The second-order valence-corrected chi connectivity index (χ2v) is 7.81. The van der Waals surface area contributed by atoms with E-state index in [-0.39, 0.29) is 0 Å². The highest BCUT2D eigenvalue weighted by Crippen LogP contribution is 2.38. The molecule has 0 aliphatic carbocycles. The topological polar surface area (TPSA) is 33.6 Å². The van der Waals surface area contributed by atoms with E-state index in [9.17, 15) is 0 Å². The van der Waals surface area contributed by atoms with Crippen LogP contribution in [0.4, 0.5) is 0 Å². The molecule has 3 nitrogen and oxygen atoms in total. The molecule has 140 valence electrons. The molecule has 0 aliphatic rings. The van der Waals surface area contributed by atoms with Gasteiger partial charge in [0.2, 0.25) is 0 Å². The third-order valence-electron chi connectivity index (χ3n) is 6.19. The molecule has 0 unspecified atom stereocenters. The van der Waals surface area contributed by atoms with Gasteiger partial charge < -0.3 is 4.98 Å². The van der Waals surface area contributed by atoms with E-state index in [2.05, 4.69) is 77.8 Å². The summed E-state index contributed by atoms with van der Waals surface area (Å²) in [5.41, 5.74) is 4.53. The Morgan fingerprint density at radius 1 is 0.600 bits per heavy atom. The lowest BCUT2D eigenvalue weighted by Gasteiger charge is -2.05. The molecule has 0 saturated heterocycles. The van der Waals surface area contributed by atoms with Gasteiger partial charge in [0.1, 0.15) is 0 Å². The van der Waals surface area contributed by atoms with E-state index < -0.39 is 0 Å². The zero-order valence-electron chi connectivity index (χ0n) is 16.1. The van der Waals surface area contributed by atoms with Crippen LogP contribution >= 0.6 is 0 Å². The summed E-state index contributed by atoms with van der Waals surface area (Å²) in [5, 5.41) is 13.4. The van der Waals surface area contributed by atoms with Gasteiger partial charge in [-0.25, -0.2) is 4.68 Å². The molecule has 7 rings (SSSR count). The van der Waals surface area contributed by atoms with Crippen LogP contribution in [0.5, 0.6) is 0 Å². The lowest BCUT2D eigenvalue weighted by atomic mass is 9.99. The molecule has 0 spiro atoms. The van der Waals surface area contributed by atoms with Crippen molar-refractivity contribution in [1.29, 1.82) is 0 Å². The summed E-state index contributed by atoms with van der Waals surface area (Å²) in [4.78, 5) is 3.72. The van der Waals surface area contributed by atoms with E-state index in [4.69, 9.17) is 5.10 Å². The molecule has 5 aromatic carbocycles. The summed E-state index contributed by atoms with van der Waals surface area (Å²) < 4.78 is 2.02. The summed E-state index contributed by atoms with van der Waals surface area (Å²) in [5.74, 6) is 0. The third kappa shape index (κ3) is 2.01. The number of H-pyrrole nitrogens is 1. The largest absolute Gasteiger partial charge is 0.354 e. The van der Waals surface area contributed by atoms with E-state index in [1.54, 1.807) is 0 Å². The number of para-hydroxylation sites is 1. The second kappa shape index (κ2) is 5.71. The van der Waals surface area contributed by atoms with Crippen molar-refractivity contribution in [2.24, 2.45) is 0 Å². The average molecular weight is 383 g/mol. The quantitative estimate of drug-likeness (QED) is 0.305. The fourth-order valence-electron chi connectivity index (χ4n) is 4.84. The van der Waals surface area contributed by atoms with Crippen LogP contribution in [0, 0.1) is 0 Å². The molecule has 3 heteroatoms. The van der Waals surface area contributed by atoms with Gasteiger partial charge in [-0.3, -0.25) is 0 Å². The standard InChI is InChI=1S/C27H17N3/c1-2-7-19(8-3-1)30-24-15-14-23-26(22(24)16-28-30)21-13-12-18-11-10-17-6-4-5-9-20(17)25(18)27(21)29-23/h1-16,29H. The number of aromatic nitrogens is 3. The van der Waals surface area contributed by atoms with Crippen LogP contribution in [0.15, 0.2) is 97.2 Å². The minimum absolute atomic E-state index is 1.07. The van der Waals surface area contributed by atoms with Crippen molar-refractivity contribution in [2.75, 3.05) is 0 Å².